The molecule has 66 valence electrons. The molecule has 3 heteroatoms. The van der Waals surface area contributed by atoms with Gasteiger partial charge in [0.25, 0.3) is 0 Å². The van der Waals surface area contributed by atoms with Gasteiger partial charge >= 0.3 is 0 Å². The number of allylic oxidation sites excluding steroid dienone is 2. The van der Waals surface area contributed by atoms with E-state index >= 15 is 0 Å². The minimum Gasteiger partial charge on any atom is -0.356 e. The highest BCUT2D eigenvalue weighted by molar-refractivity contribution is 9.10. The standard InChI is InChI=1S/C9H12BrNO/c1-7-4-5-11(3)9(10,6-12)8(7)2/h4-6H,1-3H3. The molecule has 0 bridgehead atoms. The van der Waals surface area contributed by atoms with Crippen LogP contribution in [0.5, 0.6) is 0 Å². The zero-order chi connectivity index (χ0) is 9.35. The number of halogens is 1. The van der Waals surface area contributed by atoms with Gasteiger partial charge in [-0.05, 0) is 47.0 Å². The Kier molecular flexibility index (Phi) is 2.42. The van der Waals surface area contributed by atoms with Gasteiger partial charge in [-0.2, -0.15) is 0 Å². The van der Waals surface area contributed by atoms with Crippen LogP contribution in [0.3, 0.4) is 0 Å². The Labute approximate surface area is 81.1 Å². The largest absolute Gasteiger partial charge is 0.356 e. The Hall–Kier alpha value is -0.570. The monoisotopic (exact) mass is 229 g/mol. The third-order valence-electron chi connectivity index (χ3n) is 2.34. The summed E-state index contributed by atoms with van der Waals surface area (Å²) in [6.07, 6.45) is 4.80. The van der Waals surface area contributed by atoms with Crippen molar-refractivity contribution in [2.75, 3.05) is 7.05 Å². The molecule has 0 aliphatic carbocycles. The first-order valence-corrected chi connectivity index (χ1v) is 4.56. The van der Waals surface area contributed by atoms with Crippen molar-refractivity contribution in [3.8, 4) is 0 Å². The summed E-state index contributed by atoms with van der Waals surface area (Å²) in [7, 11) is 1.87. The molecule has 0 saturated carbocycles. The average Bonchev–Trinajstić information content (AvgIpc) is 2.08. The summed E-state index contributed by atoms with van der Waals surface area (Å²) in [6, 6.07) is 0. The van der Waals surface area contributed by atoms with E-state index < -0.39 is 4.45 Å². The number of likely N-dealkylation sites (N-methyl/N-ethyl adjacent to an activating group) is 1. The SMILES string of the molecule is CC1=C(C)C(Br)(C=O)N(C)C=C1. The lowest BCUT2D eigenvalue weighted by molar-refractivity contribution is -0.111. The fourth-order valence-electron chi connectivity index (χ4n) is 1.17. The summed E-state index contributed by atoms with van der Waals surface area (Å²) >= 11 is 3.41. The molecule has 0 radical (unpaired) electrons. The van der Waals surface area contributed by atoms with Crippen LogP contribution in [0.2, 0.25) is 0 Å². The zero-order valence-electron chi connectivity index (χ0n) is 7.47. The van der Waals surface area contributed by atoms with Crippen molar-refractivity contribution in [1.29, 1.82) is 0 Å². The quantitative estimate of drug-likeness (QED) is 0.390. The third kappa shape index (κ3) is 1.22. The molecule has 1 unspecified atom stereocenters. The highest BCUT2D eigenvalue weighted by Crippen LogP contribution is 2.34. The van der Waals surface area contributed by atoms with Crippen molar-refractivity contribution in [2.45, 2.75) is 18.3 Å². The van der Waals surface area contributed by atoms with Crippen molar-refractivity contribution in [3.63, 3.8) is 0 Å². The van der Waals surface area contributed by atoms with Crippen LogP contribution in [0.1, 0.15) is 13.8 Å². The van der Waals surface area contributed by atoms with Gasteiger partial charge in [-0.3, -0.25) is 4.79 Å². The predicted octanol–water partition coefficient (Wildman–Crippen LogP) is 2.07. The molecule has 0 aromatic carbocycles. The second-order valence-electron chi connectivity index (χ2n) is 3.03. The molecule has 1 aliphatic rings. The number of carbonyl (C=O) groups excluding carboxylic acids is 1. The van der Waals surface area contributed by atoms with Crippen LogP contribution >= 0.6 is 15.9 Å². The summed E-state index contributed by atoms with van der Waals surface area (Å²) in [6.45, 7) is 3.96. The van der Waals surface area contributed by atoms with Gasteiger partial charge in [0, 0.05) is 13.2 Å². The molecule has 0 saturated heterocycles. The van der Waals surface area contributed by atoms with Crippen LogP contribution in [-0.4, -0.2) is 22.7 Å². The van der Waals surface area contributed by atoms with E-state index in [0.29, 0.717) is 0 Å². The Morgan fingerprint density at radius 2 is 2.17 bits per heavy atom. The van der Waals surface area contributed by atoms with E-state index in [1.54, 1.807) is 0 Å². The summed E-state index contributed by atoms with van der Waals surface area (Å²) < 4.78 is -0.633. The molecule has 0 spiro atoms. The summed E-state index contributed by atoms with van der Waals surface area (Å²) in [5.74, 6) is 0. The Morgan fingerprint density at radius 3 is 2.58 bits per heavy atom. The van der Waals surface area contributed by atoms with Crippen LogP contribution in [0.15, 0.2) is 23.4 Å². The molecule has 0 fully saturated rings. The molecule has 0 N–H and O–H groups in total. The highest BCUT2D eigenvalue weighted by Gasteiger charge is 2.34. The van der Waals surface area contributed by atoms with Crippen molar-refractivity contribution < 1.29 is 4.79 Å². The first-order chi connectivity index (χ1) is 5.52. The van der Waals surface area contributed by atoms with Gasteiger partial charge in [0.15, 0.2) is 10.7 Å². The molecule has 1 atom stereocenters. The van der Waals surface area contributed by atoms with E-state index in [1.165, 1.54) is 0 Å². The van der Waals surface area contributed by atoms with Crippen molar-refractivity contribution in [1.82, 2.24) is 4.90 Å². The molecule has 12 heavy (non-hydrogen) atoms. The molecular weight excluding hydrogens is 218 g/mol. The molecular formula is C9H12BrNO. The van der Waals surface area contributed by atoms with Crippen molar-refractivity contribution in [3.05, 3.63) is 23.4 Å². The summed E-state index contributed by atoms with van der Waals surface area (Å²) in [5.41, 5.74) is 2.18. The van der Waals surface area contributed by atoms with Gasteiger partial charge in [-0.25, -0.2) is 0 Å². The minimum atomic E-state index is -0.633. The van der Waals surface area contributed by atoms with E-state index in [4.69, 9.17) is 0 Å². The molecule has 2 nitrogen and oxygen atoms in total. The average molecular weight is 230 g/mol. The number of rotatable bonds is 1. The summed E-state index contributed by atoms with van der Waals surface area (Å²) in [5, 5.41) is 0. The molecule has 1 aliphatic heterocycles. The normalized spacial score (nSPS) is 29.5. The molecule has 1 rings (SSSR count). The molecule has 1 heterocycles. The van der Waals surface area contributed by atoms with Gasteiger partial charge < -0.3 is 4.90 Å². The van der Waals surface area contributed by atoms with E-state index in [9.17, 15) is 4.79 Å². The maximum atomic E-state index is 10.9. The number of aldehydes is 1. The van der Waals surface area contributed by atoms with E-state index in [0.717, 1.165) is 17.4 Å². The van der Waals surface area contributed by atoms with Gasteiger partial charge in [-0.1, -0.05) is 0 Å². The molecule has 0 aromatic rings. The van der Waals surface area contributed by atoms with E-state index in [-0.39, 0.29) is 0 Å². The predicted molar refractivity (Wildman–Crippen MR) is 53.0 cm³/mol. The van der Waals surface area contributed by atoms with Crippen LogP contribution < -0.4 is 0 Å². The zero-order valence-corrected chi connectivity index (χ0v) is 9.05. The van der Waals surface area contributed by atoms with E-state index in [2.05, 4.69) is 15.9 Å². The molecule has 0 aromatic heterocycles. The number of nitrogens with zero attached hydrogens (tertiary/aromatic N) is 1. The second kappa shape index (κ2) is 3.05. The number of hydrogen-bond donors (Lipinski definition) is 0. The lowest BCUT2D eigenvalue weighted by Crippen LogP contribution is -2.42. The smallest absolute Gasteiger partial charge is 0.173 e. The highest BCUT2D eigenvalue weighted by atomic mass is 79.9. The van der Waals surface area contributed by atoms with Crippen LogP contribution in [0.4, 0.5) is 0 Å². The van der Waals surface area contributed by atoms with Gasteiger partial charge in [0.1, 0.15) is 0 Å². The van der Waals surface area contributed by atoms with Crippen LogP contribution in [-0.2, 0) is 4.79 Å². The Bertz CT molecular complexity index is 270. The van der Waals surface area contributed by atoms with E-state index in [1.807, 2.05) is 38.1 Å². The first kappa shape index (κ1) is 9.52. The Morgan fingerprint density at radius 1 is 1.58 bits per heavy atom. The fraction of sp³-hybridized carbons (Fsp3) is 0.444. The molecule has 0 amide bonds. The topological polar surface area (TPSA) is 20.3 Å². The number of hydrogen-bond acceptors (Lipinski definition) is 2. The second-order valence-corrected chi connectivity index (χ2v) is 4.23. The Balaban J connectivity index is 3.17. The fourth-order valence-corrected chi connectivity index (χ4v) is 1.60. The third-order valence-corrected chi connectivity index (χ3v) is 3.68. The van der Waals surface area contributed by atoms with Gasteiger partial charge in [-0.15, -0.1) is 0 Å². The maximum Gasteiger partial charge on any atom is 0.173 e. The van der Waals surface area contributed by atoms with Crippen LogP contribution in [0.25, 0.3) is 0 Å². The lowest BCUT2D eigenvalue weighted by atomic mass is 10.0. The van der Waals surface area contributed by atoms with Crippen LogP contribution in [0, 0.1) is 0 Å². The van der Waals surface area contributed by atoms with Gasteiger partial charge in [0.05, 0.1) is 0 Å². The minimum absolute atomic E-state index is 0.633. The number of alkyl halides is 1. The van der Waals surface area contributed by atoms with Crippen molar-refractivity contribution in [2.24, 2.45) is 0 Å². The number of carbonyl (C=O) groups is 1. The van der Waals surface area contributed by atoms with Crippen molar-refractivity contribution >= 4 is 22.2 Å². The van der Waals surface area contributed by atoms with Gasteiger partial charge in [0.2, 0.25) is 0 Å². The summed E-state index contributed by atoms with van der Waals surface area (Å²) in [4.78, 5) is 12.7. The maximum absolute atomic E-state index is 10.9. The lowest BCUT2D eigenvalue weighted by Gasteiger charge is -2.35. The first-order valence-electron chi connectivity index (χ1n) is 3.76.